The number of anilines is 1. The number of hydrogen-bond donors (Lipinski definition) is 2. The maximum Gasteiger partial charge on any atom is 0.139 e. The second-order valence-electron chi connectivity index (χ2n) is 5.13. The molecule has 4 heteroatoms. The molecule has 0 aliphatic carbocycles. The molecule has 0 amide bonds. The van der Waals surface area contributed by atoms with Gasteiger partial charge in [0.05, 0.1) is 0 Å². The van der Waals surface area contributed by atoms with E-state index in [4.69, 9.17) is 5.73 Å². The number of nitrogens with zero attached hydrogens (tertiary/aromatic N) is 1. The summed E-state index contributed by atoms with van der Waals surface area (Å²) in [6.45, 7) is 6.25. The first-order valence-corrected chi connectivity index (χ1v) is 5.49. The number of rotatable bonds is 1. The van der Waals surface area contributed by atoms with E-state index in [1.807, 2.05) is 0 Å². The van der Waals surface area contributed by atoms with Gasteiger partial charge in [-0.15, -0.1) is 0 Å². The summed E-state index contributed by atoms with van der Waals surface area (Å²) < 4.78 is 13.2. The molecule has 1 aromatic carbocycles. The van der Waals surface area contributed by atoms with Gasteiger partial charge in [0.1, 0.15) is 11.6 Å². The highest BCUT2D eigenvalue weighted by molar-refractivity contribution is 5.71. The molecule has 0 radical (unpaired) electrons. The molecule has 3 N–H and O–H groups in total. The zero-order chi connectivity index (χ0) is 12.6. The average Bonchev–Trinajstić information content (AvgIpc) is 2.70. The third-order valence-electron chi connectivity index (χ3n) is 2.65. The molecule has 17 heavy (non-hydrogen) atoms. The van der Waals surface area contributed by atoms with Gasteiger partial charge in [-0.3, -0.25) is 0 Å². The molecule has 0 aliphatic heterocycles. The molecule has 3 nitrogen and oxygen atoms in total. The van der Waals surface area contributed by atoms with Crippen LogP contribution in [0.3, 0.4) is 0 Å². The van der Waals surface area contributed by atoms with Gasteiger partial charge < -0.3 is 10.7 Å². The maximum atomic E-state index is 13.2. The number of hydrogen-bond acceptors (Lipinski definition) is 2. The molecule has 2 aromatic rings. The van der Waals surface area contributed by atoms with Crippen LogP contribution < -0.4 is 5.73 Å². The molecule has 0 atom stereocenters. The summed E-state index contributed by atoms with van der Waals surface area (Å²) in [5.41, 5.74) is 7.90. The van der Waals surface area contributed by atoms with Crippen LogP contribution in [0.5, 0.6) is 0 Å². The van der Waals surface area contributed by atoms with Crippen molar-refractivity contribution in [2.75, 3.05) is 5.73 Å². The minimum absolute atomic E-state index is 0.0205. The van der Waals surface area contributed by atoms with Gasteiger partial charge in [-0.1, -0.05) is 20.8 Å². The Balaban J connectivity index is 2.47. The Morgan fingerprint density at radius 3 is 2.59 bits per heavy atom. The molecule has 1 aromatic heterocycles. The van der Waals surface area contributed by atoms with Crippen LogP contribution in [0.4, 0.5) is 10.1 Å². The van der Waals surface area contributed by atoms with Gasteiger partial charge >= 0.3 is 0 Å². The van der Waals surface area contributed by atoms with E-state index in [2.05, 4.69) is 30.7 Å². The van der Waals surface area contributed by atoms with E-state index in [1.165, 1.54) is 12.1 Å². The van der Waals surface area contributed by atoms with Gasteiger partial charge in [0.25, 0.3) is 0 Å². The standard InChI is InChI=1S/C13H16FN3/c1-13(2,3)11-7-16-12(17-11)9-6-8(14)4-5-10(9)15/h4-7H,15H2,1-3H3,(H,16,17). The van der Waals surface area contributed by atoms with Crippen molar-refractivity contribution in [2.45, 2.75) is 26.2 Å². The van der Waals surface area contributed by atoms with Crippen molar-refractivity contribution in [3.8, 4) is 11.4 Å². The minimum atomic E-state index is -0.317. The first-order valence-electron chi connectivity index (χ1n) is 5.49. The maximum absolute atomic E-state index is 13.2. The Labute approximate surface area is 99.9 Å². The van der Waals surface area contributed by atoms with Gasteiger partial charge in [-0.2, -0.15) is 0 Å². The lowest BCUT2D eigenvalue weighted by Crippen LogP contribution is -2.11. The van der Waals surface area contributed by atoms with Gasteiger partial charge in [-0.25, -0.2) is 9.37 Å². The molecule has 0 saturated carbocycles. The minimum Gasteiger partial charge on any atom is -0.398 e. The molecule has 0 aliphatic rings. The number of nitrogens with two attached hydrogens (primary N) is 1. The molecule has 2 rings (SSSR count). The molecule has 0 unspecified atom stereocenters. The summed E-state index contributed by atoms with van der Waals surface area (Å²) in [5.74, 6) is 0.287. The molecule has 0 bridgehead atoms. The highest BCUT2D eigenvalue weighted by atomic mass is 19.1. The van der Waals surface area contributed by atoms with E-state index in [-0.39, 0.29) is 11.2 Å². The third-order valence-corrected chi connectivity index (χ3v) is 2.65. The Bertz CT molecular complexity index is 538. The fourth-order valence-electron chi connectivity index (χ4n) is 1.57. The summed E-state index contributed by atoms with van der Waals surface area (Å²) in [6.07, 6.45) is 1.76. The second-order valence-corrected chi connectivity index (χ2v) is 5.13. The topological polar surface area (TPSA) is 54.7 Å². The number of nitrogen functional groups attached to an aromatic ring is 1. The van der Waals surface area contributed by atoms with E-state index in [0.717, 1.165) is 5.69 Å². The van der Waals surface area contributed by atoms with E-state index < -0.39 is 0 Å². The first-order chi connectivity index (χ1) is 7.88. The van der Waals surface area contributed by atoms with E-state index in [1.54, 1.807) is 12.3 Å². The van der Waals surface area contributed by atoms with Crippen molar-refractivity contribution < 1.29 is 4.39 Å². The number of benzene rings is 1. The lowest BCUT2D eigenvalue weighted by Gasteiger charge is -2.15. The Morgan fingerprint density at radius 2 is 2.00 bits per heavy atom. The normalized spacial score (nSPS) is 11.8. The van der Waals surface area contributed by atoms with Crippen LogP contribution in [0, 0.1) is 5.82 Å². The van der Waals surface area contributed by atoms with Gasteiger partial charge in [0, 0.05) is 28.6 Å². The number of aromatic amines is 1. The first kappa shape index (κ1) is 11.6. The van der Waals surface area contributed by atoms with Gasteiger partial charge in [0.15, 0.2) is 0 Å². The lowest BCUT2D eigenvalue weighted by molar-refractivity contribution is 0.573. The van der Waals surface area contributed by atoms with Crippen LogP contribution in [0.1, 0.15) is 26.5 Å². The SMILES string of the molecule is CC(C)(C)c1cnc(-c2cc(F)ccc2N)[nH]1. The average molecular weight is 233 g/mol. The van der Waals surface area contributed by atoms with Crippen LogP contribution in [0.15, 0.2) is 24.4 Å². The summed E-state index contributed by atoms with van der Waals surface area (Å²) in [6, 6.07) is 4.27. The number of halogens is 1. The smallest absolute Gasteiger partial charge is 0.139 e. The van der Waals surface area contributed by atoms with E-state index >= 15 is 0 Å². The van der Waals surface area contributed by atoms with Crippen LogP contribution in [0.2, 0.25) is 0 Å². The number of aromatic nitrogens is 2. The van der Waals surface area contributed by atoms with Crippen molar-refractivity contribution in [1.82, 2.24) is 9.97 Å². The highest BCUT2D eigenvalue weighted by Crippen LogP contribution is 2.27. The summed E-state index contributed by atoms with van der Waals surface area (Å²) in [5, 5.41) is 0. The molecule has 1 heterocycles. The fraction of sp³-hybridized carbons (Fsp3) is 0.308. The number of nitrogens with one attached hydrogen (secondary N) is 1. The predicted octanol–water partition coefficient (Wildman–Crippen LogP) is 3.10. The van der Waals surface area contributed by atoms with Crippen LogP contribution in [0.25, 0.3) is 11.4 Å². The molecular formula is C13H16FN3. The quantitative estimate of drug-likeness (QED) is 0.744. The summed E-state index contributed by atoms with van der Waals surface area (Å²) >= 11 is 0. The third kappa shape index (κ3) is 2.30. The Kier molecular flexibility index (Phi) is 2.65. The largest absolute Gasteiger partial charge is 0.398 e. The molecular weight excluding hydrogens is 217 g/mol. The number of imidazole rings is 1. The van der Waals surface area contributed by atoms with Gasteiger partial charge in [-0.05, 0) is 18.2 Å². The van der Waals surface area contributed by atoms with Crippen molar-refractivity contribution in [3.63, 3.8) is 0 Å². The van der Waals surface area contributed by atoms with Crippen molar-refractivity contribution >= 4 is 5.69 Å². The monoisotopic (exact) mass is 233 g/mol. The van der Waals surface area contributed by atoms with Gasteiger partial charge in [0.2, 0.25) is 0 Å². The fourth-order valence-corrected chi connectivity index (χ4v) is 1.57. The summed E-state index contributed by atoms with van der Waals surface area (Å²) in [4.78, 5) is 7.43. The molecule has 0 fully saturated rings. The van der Waals surface area contributed by atoms with E-state index in [9.17, 15) is 4.39 Å². The van der Waals surface area contributed by atoms with Crippen LogP contribution in [-0.2, 0) is 5.41 Å². The number of H-pyrrole nitrogens is 1. The molecule has 0 spiro atoms. The lowest BCUT2D eigenvalue weighted by atomic mass is 9.93. The van der Waals surface area contributed by atoms with Crippen LogP contribution >= 0.6 is 0 Å². The highest BCUT2D eigenvalue weighted by Gasteiger charge is 2.17. The Hall–Kier alpha value is -1.84. The zero-order valence-corrected chi connectivity index (χ0v) is 10.2. The van der Waals surface area contributed by atoms with Crippen molar-refractivity contribution in [2.24, 2.45) is 0 Å². The van der Waals surface area contributed by atoms with Crippen molar-refractivity contribution in [3.05, 3.63) is 35.9 Å². The van der Waals surface area contributed by atoms with Crippen molar-refractivity contribution in [1.29, 1.82) is 0 Å². The van der Waals surface area contributed by atoms with Crippen LogP contribution in [-0.4, -0.2) is 9.97 Å². The van der Waals surface area contributed by atoms with E-state index in [0.29, 0.717) is 17.1 Å². The molecule has 0 saturated heterocycles. The zero-order valence-electron chi connectivity index (χ0n) is 10.2. The summed E-state index contributed by atoms with van der Waals surface area (Å²) in [7, 11) is 0. The predicted molar refractivity (Wildman–Crippen MR) is 67.1 cm³/mol. The molecule has 90 valence electrons. The second kappa shape index (κ2) is 3.87. The Morgan fingerprint density at radius 1 is 1.29 bits per heavy atom.